The monoisotopic (exact) mass is 243 g/mol. The van der Waals surface area contributed by atoms with Crippen molar-refractivity contribution in [3.05, 3.63) is 22.2 Å². The molecule has 2 rings (SSSR count). The zero-order valence-electron chi connectivity index (χ0n) is 8.49. The molecule has 0 fully saturated rings. The van der Waals surface area contributed by atoms with Crippen LogP contribution in [0.1, 0.15) is 17.2 Å². The average Bonchev–Trinajstić information content (AvgIpc) is 2.70. The number of hydrogen-bond acceptors (Lipinski definition) is 4. The summed E-state index contributed by atoms with van der Waals surface area (Å²) >= 11 is 6.04. The van der Waals surface area contributed by atoms with E-state index >= 15 is 0 Å². The van der Waals surface area contributed by atoms with Crippen LogP contribution in [0.25, 0.3) is 0 Å². The third-order valence-electron chi connectivity index (χ3n) is 2.49. The van der Waals surface area contributed by atoms with Crippen LogP contribution in [-0.2, 0) is 4.79 Å². The van der Waals surface area contributed by atoms with Crippen molar-refractivity contribution >= 4 is 17.6 Å². The maximum Gasteiger partial charge on any atom is 0.325 e. The van der Waals surface area contributed by atoms with Crippen LogP contribution in [0.4, 0.5) is 0 Å². The number of rotatable bonds is 2. The van der Waals surface area contributed by atoms with Crippen LogP contribution in [0.5, 0.6) is 11.5 Å². The summed E-state index contributed by atoms with van der Waals surface area (Å²) in [4.78, 5) is 10.8. The molecule has 0 radical (unpaired) electrons. The van der Waals surface area contributed by atoms with E-state index in [4.69, 9.17) is 31.9 Å². The van der Waals surface area contributed by atoms with Gasteiger partial charge in [0.1, 0.15) is 6.04 Å². The highest BCUT2D eigenvalue weighted by molar-refractivity contribution is 6.33. The minimum absolute atomic E-state index is 0.0836. The molecule has 1 atom stereocenters. The van der Waals surface area contributed by atoms with Gasteiger partial charge in [-0.05, 0) is 24.1 Å². The van der Waals surface area contributed by atoms with E-state index in [1.165, 1.54) is 0 Å². The number of benzene rings is 1. The molecule has 0 bridgehead atoms. The Kier molecular flexibility index (Phi) is 2.65. The second-order valence-electron chi connectivity index (χ2n) is 3.45. The highest BCUT2D eigenvalue weighted by atomic mass is 35.5. The van der Waals surface area contributed by atoms with Gasteiger partial charge >= 0.3 is 5.97 Å². The summed E-state index contributed by atoms with van der Waals surface area (Å²) in [6, 6.07) is 0.439. The SMILES string of the molecule is Cc1c(C(N)C(=O)O)cc2c(c1Cl)OCO2. The molecule has 5 nitrogen and oxygen atoms in total. The van der Waals surface area contributed by atoms with Crippen molar-refractivity contribution in [2.75, 3.05) is 6.79 Å². The number of fused-ring (bicyclic) bond motifs is 1. The van der Waals surface area contributed by atoms with Crippen molar-refractivity contribution in [2.24, 2.45) is 5.73 Å². The molecule has 0 saturated carbocycles. The molecule has 1 aromatic rings. The molecule has 16 heavy (non-hydrogen) atoms. The largest absolute Gasteiger partial charge is 0.480 e. The summed E-state index contributed by atoms with van der Waals surface area (Å²) < 4.78 is 10.3. The van der Waals surface area contributed by atoms with E-state index in [-0.39, 0.29) is 6.79 Å². The number of aliphatic carboxylic acids is 1. The Balaban J connectivity index is 2.56. The van der Waals surface area contributed by atoms with E-state index in [9.17, 15) is 4.79 Å². The fraction of sp³-hybridized carbons (Fsp3) is 0.300. The third-order valence-corrected chi connectivity index (χ3v) is 2.95. The molecule has 0 amide bonds. The van der Waals surface area contributed by atoms with Gasteiger partial charge in [-0.3, -0.25) is 4.79 Å². The smallest absolute Gasteiger partial charge is 0.325 e. The summed E-state index contributed by atoms with van der Waals surface area (Å²) in [6.07, 6.45) is 0. The minimum atomic E-state index is -1.12. The number of halogens is 1. The Morgan fingerprint density at radius 2 is 2.31 bits per heavy atom. The van der Waals surface area contributed by atoms with Gasteiger partial charge in [-0.25, -0.2) is 0 Å². The average molecular weight is 244 g/mol. The van der Waals surface area contributed by atoms with Gasteiger partial charge in [-0.15, -0.1) is 0 Å². The van der Waals surface area contributed by atoms with E-state index < -0.39 is 12.0 Å². The van der Waals surface area contributed by atoms with Crippen LogP contribution in [0.3, 0.4) is 0 Å². The maximum atomic E-state index is 10.8. The molecular formula is C10H10ClNO4. The Labute approximate surface area is 96.7 Å². The summed E-state index contributed by atoms with van der Waals surface area (Å²) in [5.74, 6) is -0.235. The Hall–Kier alpha value is -1.46. The van der Waals surface area contributed by atoms with Crippen LogP contribution in [0.15, 0.2) is 6.07 Å². The van der Waals surface area contributed by atoms with Crippen molar-refractivity contribution in [1.82, 2.24) is 0 Å². The molecule has 1 aliphatic rings. The van der Waals surface area contributed by atoms with Crippen molar-refractivity contribution in [2.45, 2.75) is 13.0 Å². The second-order valence-corrected chi connectivity index (χ2v) is 3.83. The number of carboxylic acids is 1. The second kappa shape index (κ2) is 3.84. The van der Waals surface area contributed by atoms with Gasteiger partial charge in [-0.1, -0.05) is 11.6 Å². The van der Waals surface area contributed by atoms with Gasteiger partial charge < -0.3 is 20.3 Å². The number of hydrogen-bond donors (Lipinski definition) is 2. The number of carbonyl (C=O) groups is 1. The number of carboxylic acid groups (broad SMARTS) is 1. The van der Waals surface area contributed by atoms with Crippen molar-refractivity contribution in [3.8, 4) is 11.5 Å². The lowest BCUT2D eigenvalue weighted by atomic mass is 10.0. The highest BCUT2D eigenvalue weighted by Gasteiger charge is 2.26. The molecule has 1 aromatic carbocycles. The zero-order valence-corrected chi connectivity index (χ0v) is 9.25. The van der Waals surface area contributed by atoms with Gasteiger partial charge in [0.05, 0.1) is 5.02 Å². The highest BCUT2D eigenvalue weighted by Crippen LogP contribution is 2.43. The molecule has 6 heteroatoms. The van der Waals surface area contributed by atoms with Gasteiger partial charge in [0.25, 0.3) is 0 Å². The van der Waals surface area contributed by atoms with Crippen molar-refractivity contribution in [3.63, 3.8) is 0 Å². The molecule has 0 saturated heterocycles. The molecule has 1 heterocycles. The van der Waals surface area contributed by atoms with Gasteiger partial charge in [0, 0.05) is 0 Å². The molecule has 1 aliphatic heterocycles. The zero-order chi connectivity index (χ0) is 11.9. The summed E-state index contributed by atoms with van der Waals surface area (Å²) in [6.45, 7) is 1.78. The fourth-order valence-corrected chi connectivity index (χ4v) is 1.83. The van der Waals surface area contributed by atoms with Crippen LogP contribution >= 0.6 is 11.6 Å². The Morgan fingerprint density at radius 1 is 1.62 bits per heavy atom. The first-order chi connectivity index (χ1) is 7.52. The van der Waals surface area contributed by atoms with E-state index in [1.54, 1.807) is 13.0 Å². The minimum Gasteiger partial charge on any atom is -0.480 e. The van der Waals surface area contributed by atoms with Crippen LogP contribution < -0.4 is 15.2 Å². The van der Waals surface area contributed by atoms with Gasteiger partial charge in [0.2, 0.25) is 6.79 Å². The lowest BCUT2D eigenvalue weighted by Crippen LogP contribution is -2.21. The van der Waals surface area contributed by atoms with Gasteiger partial charge in [0.15, 0.2) is 11.5 Å². The lowest BCUT2D eigenvalue weighted by molar-refractivity contribution is -0.138. The first-order valence-corrected chi connectivity index (χ1v) is 4.97. The maximum absolute atomic E-state index is 10.8. The third kappa shape index (κ3) is 1.58. The molecule has 3 N–H and O–H groups in total. The molecule has 86 valence electrons. The standard InChI is InChI=1S/C10H10ClNO4/c1-4-5(8(12)10(13)14)2-6-9(7(4)11)16-3-15-6/h2,8H,3,12H2,1H3,(H,13,14). The number of nitrogens with two attached hydrogens (primary N) is 1. The van der Waals surface area contributed by atoms with Crippen molar-refractivity contribution < 1.29 is 19.4 Å². The summed E-state index contributed by atoms with van der Waals surface area (Å²) in [7, 11) is 0. The molecule has 1 unspecified atom stereocenters. The van der Waals surface area contributed by atoms with Crippen molar-refractivity contribution in [1.29, 1.82) is 0 Å². The topological polar surface area (TPSA) is 81.8 Å². The quantitative estimate of drug-likeness (QED) is 0.822. The van der Waals surface area contributed by atoms with E-state index in [0.29, 0.717) is 27.6 Å². The first-order valence-electron chi connectivity index (χ1n) is 4.59. The molecular weight excluding hydrogens is 234 g/mol. The number of ether oxygens (including phenoxy) is 2. The predicted octanol–water partition coefficient (Wildman–Crippen LogP) is 1.46. The Morgan fingerprint density at radius 3 is 2.94 bits per heavy atom. The van der Waals surface area contributed by atoms with E-state index in [1.807, 2.05) is 0 Å². The van der Waals surface area contributed by atoms with Crippen LogP contribution in [-0.4, -0.2) is 17.9 Å². The van der Waals surface area contributed by atoms with Crippen LogP contribution in [0, 0.1) is 6.92 Å². The first kappa shape index (κ1) is 11.0. The lowest BCUT2D eigenvalue weighted by Gasteiger charge is -2.13. The van der Waals surface area contributed by atoms with E-state index in [0.717, 1.165) is 0 Å². The summed E-state index contributed by atoms with van der Waals surface area (Å²) in [5, 5.41) is 9.21. The normalized spacial score (nSPS) is 14.9. The van der Waals surface area contributed by atoms with Gasteiger partial charge in [-0.2, -0.15) is 0 Å². The molecule has 0 aromatic heterocycles. The summed E-state index contributed by atoms with van der Waals surface area (Å²) in [5.41, 5.74) is 6.58. The van der Waals surface area contributed by atoms with Crippen LogP contribution in [0.2, 0.25) is 5.02 Å². The molecule has 0 aliphatic carbocycles. The van der Waals surface area contributed by atoms with E-state index in [2.05, 4.69) is 0 Å². The fourth-order valence-electron chi connectivity index (χ4n) is 1.57. The molecule has 0 spiro atoms. The Bertz CT molecular complexity index is 461. The predicted molar refractivity (Wildman–Crippen MR) is 56.9 cm³/mol.